The molecule has 2 aliphatic rings. The van der Waals surface area contributed by atoms with Crippen LogP contribution < -0.4 is 0 Å². The average molecular weight is 261 g/mol. The fourth-order valence-electron chi connectivity index (χ4n) is 3.13. The molecule has 0 unspecified atom stereocenters. The van der Waals surface area contributed by atoms with Crippen molar-refractivity contribution in [2.75, 3.05) is 6.66 Å². The van der Waals surface area contributed by atoms with E-state index in [2.05, 4.69) is 34.4 Å². The lowest BCUT2D eigenvalue weighted by Gasteiger charge is -2.31. The highest BCUT2D eigenvalue weighted by atomic mass is 31.2. The van der Waals surface area contributed by atoms with Gasteiger partial charge in [0.05, 0.1) is 26.1 Å². The normalized spacial score (nSPS) is 44.1. The van der Waals surface area contributed by atoms with E-state index in [9.17, 15) is 0 Å². The number of hydrogen-bond donors (Lipinski definition) is 0. The molecule has 94 valence electrons. The predicted octanol–water partition coefficient (Wildman–Crippen LogP) is 5.10. The Kier molecular flexibility index (Phi) is 4.00. The molecule has 0 aromatic carbocycles. The molecule has 2 fully saturated rings. The molecule has 4 atom stereocenters. The first kappa shape index (κ1) is 13.3. The highest BCUT2D eigenvalue weighted by molar-refractivity contribution is 7.78. The van der Waals surface area contributed by atoms with Crippen molar-refractivity contribution >= 4 is 15.6 Å². The van der Waals surface area contributed by atoms with Crippen LogP contribution in [0.5, 0.6) is 0 Å². The quantitative estimate of drug-likeness (QED) is 0.628. The summed E-state index contributed by atoms with van der Waals surface area (Å²) in [7, 11) is -1.23. The third kappa shape index (κ3) is 2.21. The van der Waals surface area contributed by atoms with E-state index in [1.807, 2.05) is 0 Å². The monoisotopic (exact) mass is 261 g/mol. The van der Waals surface area contributed by atoms with E-state index < -0.39 is 7.49 Å². The molecule has 0 bridgehead atoms. The van der Waals surface area contributed by atoms with Crippen molar-refractivity contribution in [2.24, 2.45) is 0 Å². The van der Waals surface area contributed by atoms with E-state index in [-0.39, 0.29) is 8.15 Å². The summed E-state index contributed by atoms with van der Waals surface area (Å²) in [6.07, 6.45) is 5.60. The van der Waals surface area contributed by atoms with Crippen LogP contribution in [-0.4, -0.2) is 29.3 Å². The van der Waals surface area contributed by atoms with E-state index in [0.29, 0.717) is 0 Å². The molecule has 2 heterocycles. The zero-order chi connectivity index (χ0) is 11.9. The summed E-state index contributed by atoms with van der Waals surface area (Å²) in [5.41, 5.74) is 3.40. The Morgan fingerprint density at radius 1 is 0.875 bits per heavy atom. The first-order valence-electron chi connectivity index (χ1n) is 6.79. The van der Waals surface area contributed by atoms with Crippen LogP contribution in [0.15, 0.2) is 0 Å². The van der Waals surface area contributed by atoms with Crippen LogP contribution in [0.4, 0.5) is 0 Å². The zero-order valence-electron chi connectivity index (χ0n) is 11.4. The zero-order valence-corrected chi connectivity index (χ0v) is 13.2. The van der Waals surface area contributed by atoms with Gasteiger partial charge in [0, 0.05) is 11.3 Å². The molecule has 2 saturated heterocycles. The van der Waals surface area contributed by atoms with Gasteiger partial charge in [0.2, 0.25) is 0 Å². The second kappa shape index (κ2) is 4.83. The Bertz CT molecular complexity index is 236. The average Bonchev–Trinajstić information content (AvgIpc) is 2.67. The summed E-state index contributed by atoms with van der Waals surface area (Å²) >= 11 is 0. The molecule has 0 aliphatic carbocycles. The molecule has 0 N–H and O–H groups in total. The standard InChI is InChI=1S/C13H27OP2/c1-10-6-7-11(2)15(10)14-16(5)12(3)8-9-13(16)4/h10-13H,6-9H2,1-5H3/q+1/t10-,11-,12-,13-/m1/s1. The Balaban J connectivity index is 2.07. The van der Waals surface area contributed by atoms with E-state index >= 15 is 0 Å². The lowest BCUT2D eigenvalue weighted by atomic mass is 10.2. The maximum absolute atomic E-state index is 6.78. The predicted molar refractivity (Wildman–Crippen MR) is 77.2 cm³/mol. The topological polar surface area (TPSA) is 9.23 Å². The van der Waals surface area contributed by atoms with Crippen LogP contribution in [0.1, 0.15) is 53.4 Å². The van der Waals surface area contributed by atoms with Gasteiger partial charge in [-0.25, -0.2) is 4.31 Å². The van der Waals surface area contributed by atoms with Crippen LogP contribution >= 0.6 is 15.6 Å². The van der Waals surface area contributed by atoms with Gasteiger partial charge < -0.3 is 0 Å². The van der Waals surface area contributed by atoms with Gasteiger partial charge in [-0.1, -0.05) is 13.8 Å². The van der Waals surface area contributed by atoms with Crippen molar-refractivity contribution in [3.63, 3.8) is 0 Å². The van der Waals surface area contributed by atoms with Crippen LogP contribution in [0, 0.1) is 0 Å². The molecule has 0 aromatic rings. The lowest BCUT2D eigenvalue weighted by molar-refractivity contribution is 0.631. The van der Waals surface area contributed by atoms with Gasteiger partial charge in [0.1, 0.15) is 0 Å². The van der Waals surface area contributed by atoms with Crippen molar-refractivity contribution in [3.8, 4) is 0 Å². The molecular weight excluding hydrogens is 234 g/mol. The summed E-state index contributed by atoms with van der Waals surface area (Å²) < 4.78 is 6.78. The van der Waals surface area contributed by atoms with Gasteiger partial charge in [-0.2, -0.15) is 0 Å². The summed E-state index contributed by atoms with van der Waals surface area (Å²) in [6.45, 7) is 12.2. The van der Waals surface area contributed by atoms with Gasteiger partial charge in [0.15, 0.2) is 7.49 Å². The maximum Gasteiger partial charge on any atom is 0.152 e. The fourth-order valence-corrected chi connectivity index (χ4v) is 11.2. The third-order valence-corrected chi connectivity index (χ3v) is 13.3. The molecule has 2 aliphatic heterocycles. The lowest BCUT2D eigenvalue weighted by Crippen LogP contribution is -2.13. The highest BCUT2D eigenvalue weighted by Crippen LogP contribution is 2.78. The van der Waals surface area contributed by atoms with Crippen LogP contribution in [0.2, 0.25) is 0 Å². The summed E-state index contributed by atoms with van der Waals surface area (Å²) in [6, 6.07) is 0. The molecule has 0 radical (unpaired) electrons. The fraction of sp³-hybridized carbons (Fsp3) is 1.00. The third-order valence-electron chi connectivity index (χ3n) is 4.89. The molecule has 0 aromatic heterocycles. The Morgan fingerprint density at radius 2 is 1.31 bits per heavy atom. The second-order valence-corrected chi connectivity index (χ2v) is 13.1. The van der Waals surface area contributed by atoms with Gasteiger partial charge in [-0.15, -0.1) is 0 Å². The van der Waals surface area contributed by atoms with E-state index in [4.69, 9.17) is 4.31 Å². The minimum absolute atomic E-state index is 0.131. The number of hydrogen-bond acceptors (Lipinski definition) is 1. The summed E-state index contributed by atoms with van der Waals surface area (Å²) in [5, 5.41) is 0. The van der Waals surface area contributed by atoms with Crippen molar-refractivity contribution < 1.29 is 4.31 Å². The molecular formula is C13H27OP2+. The molecule has 3 heteroatoms. The van der Waals surface area contributed by atoms with Crippen molar-refractivity contribution in [2.45, 2.75) is 76.0 Å². The minimum atomic E-state index is -1.10. The second-order valence-electron chi connectivity index (χ2n) is 6.05. The van der Waals surface area contributed by atoms with Crippen LogP contribution in [-0.2, 0) is 4.31 Å². The van der Waals surface area contributed by atoms with Gasteiger partial charge in [0.25, 0.3) is 0 Å². The van der Waals surface area contributed by atoms with Gasteiger partial charge >= 0.3 is 0 Å². The smallest absolute Gasteiger partial charge is 0.152 e. The van der Waals surface area contributed by atoms with E-state index in [1.54, 1.807) is 0 Å². The minimum Gasteiger partial charge on any atom is -0.218 e. The first-order chi connectivity index (χ1) is 7.45. The molecule has 0 saturated carbocycles. The van der Waals surface area contributed by atoms with Crippen LogP contribution in [0.3, 0.4) is 0 Å². The Labute approximate surface area is 103 Å². The molecule has 16 heavy (non-hydrogen) atoms. The summed E-state index contributed by atoms with van der Waals surface area (Å²) in [5.74, 6) is 0. The largest absolute Gasteiger partial charge is 0.218 e. The van der Waals surface area contributed by atoms with Crippen molar-refractivity contribution in [3.05, 3.63) is 0 Å². The van der Waals surface area contributed by atoms with Crippen molar-refractivity contribution in [1.82, 2.24) is 0 Å². The summed E-state index contributed by atoms with van der Waals surface area (Å²) in [4.78, 5) is 0. The van der Waals surface area contributed by atoms with Gasteiger partial charge in [-0.3, -0.25) is 0 Å². The first-order valence-corrected chi connectivity index (χ1v) is 10.5. The molecule has 1 nitrogen and oxygen atoms in total. The van der Waals surface area contributed by atoms with Crippen molar-refractivity contribution in [1.29, 1.82) is 0 Å². The molecule has 0 amide bonds. The molecule has 2 rings (SSSR count). The Morgan fingerprint density at radius 3 is 1.75 bits per heavy atom. The van der Waals surface area contributed by atoms with Crippen LogP contribution in [0.25, 0.3) is 0 Å². The molecule has 0 spiro atoms. The SMILES string of the molecule is C[C@@H]1CC[C@@H](C)P1O[P+]1(C)[C@H](C)CC[C@H]1C. The van der Waals surface area contributed by atoms with Gasteiger partial charge in [-0.05, 0) is 39.5 Å². The maximum atomic E-state index is 6.78. The van der Waals surface area contributed by atoms with E-state index in [0.717, 1.165) is 22.6 Å². The number of rotatable bonds is 2. The Hall–Kier alpha value is 0.820. The highest BCUT2D eigenvalue weighted by Gasteiger charge is 2.54. The van der Waals surface area contributed by atoms with E-state index in [1.165, 1.54) is 25.7 Å².